The maximum Gasteiger partial charge on any atom is 0.260 e. The van der Waals surface area contributed by atoms with Gasteiger partial charge in [0.05, 0.1) is 0 Å². The van der Waals surface area contributed by atoms with Crippen LogP contribution >= 0.6 is 0 Å². The van der Waals surface area contributed by atoms with E-state index in [0.29, 0.717) is 17.4 Å². The fourth-order valence-corrected chi connectivity index (χ4v) is 4.07. The lowest BCUT2D eigenvalue weighted by Crippen LogP contribution is -2.47. The molecule has 2 atom stereocenters. The Labute approximate surface area is 161 Å². The summed E-state index contributed by atoms with van der Waals surface area (Å²) in [4.78, 5) is 26.7. The molecule has 0 aromatic heterocycles. The number of nitrogens with zero attached hydrogens (tertiary/aromatic N) is 1. The molecule has 1 saturated carbocycles. The molecule has 1 aliphatic carbocycles. The topological polar surface area (TPSA) is 67.9 Å². The first kappa shape index (κ1) is 19.7. The van der Waals surface area contributed by atoms with Gasteiger partial charge in [-0.2, -0.15) is 0 Å². The van der Waals surface area contributed by atoms with Gasteiger partial charge in [-0.1, -0.05) is 13.3 Å². The Hall–Kier alpha value is -2.08. The number of ether oxygens (including phenoxy) is 2. The first-order valence-electron chi connectivity index (χ1n) is 9.90. The third-order valence-electron chi connectivity index (χ3n) is 5.69. The monoisotopic (exact) mass is 374 g/mol. The zero-order valence-corrected chi connectivity index (χ0v) is 16.3. The molecule has 27 heavy (non-hydrogen) atoms. The zero-order chi connectivity index (χ0) is 19.3. The van der Waals surface area contributed by atoms with Gasteiger partial charge in [-0.15, -0.1) is 0 Å². The van der Waals surface area contributed by atoms with Crippen LogP contribution in [-0.2, 0) is 14.3 Å². The lowest BCUT2D eigenvalue weighted by molar-refractivity contribution is -0.143. The Bertz CT molecular complexity index is 655. The number of methoxy groups -OCH3 is 1. The van der Waals surface area contributed by atoms with Crippen LogP contribution in [0.1, 0.15) is 45.4 Å². The number of nitrogens with one attached hydrogen (secondary N) is 1. The highest BCUT2D eigenvalue weighted by Gasteiger charge is 2.41. The molecule has 2 fully saturated rings. The third kappa shape index (κ3) is 4.80. The number of hydrogen-bond donors (Lipinski definition) is 1. The van der Waals surface area contributed by atoms with Gasteiger partial charge >= 0.3 is 0 Å². The van der Waals surface area contributed by atoms with E-state index in [4.69, 9.17) is 9.47 Å². The number of carbonyl (C=O) groups is 2. The third-order valence-corrected chi connectivity index (χ3v) is 5.69. The van der Waals surface area contributed by atoms with Crippen molar-refractivity contribution in [3.8, 4) is 5.75 Å². The Morgan fingerprint density at radius 3 is 2.52 bits per heavy atom. The first-order chi connectivity index (χ1) is 13.0. The van der Waals surface area contributed by atoms with Crippen molar-refractivity contribution in [2.75, 3.05) is 32.1 Å². The highest BCUT2D eigenvalue weighted by atomic mass is 16.5. The summed E-state index contributed by atoms with van der Waals surface area (Å²) >= 11 is 0. The second kappa shape index (κ2) is 8.74. The molecule has 0 radical (unpaired) electrons. The Morgan fingerprint density at radius 1 is 1.19 bits per heavy atom. The Morgan fingerprint density at radius 2 is 1.89 bits per heavy atom. The van der Waals surface area contributed by atoms with Crippen LogP contribution in [0.15, 0.2) is 24.3 Å². The number of likely N-dealkylation sites (tertiary alicyclic amines) is 1. The predicted molar refractivity (Wildman–Crippen MR) is 104 cm³/mol. The van der Waals surface area contributed by atoms with E-state index in [0.717, 1.165) is 51.6 Å². The molecule has 3 rings (SSSR count). The lowest BCUT2D eigenvalue weighted by atomic mass is 9.78. The first-order valence-corrected chi connectivity index (χ1v) is 9.90. The molecular formula is C21H30N2O4. The highest BCUT2D eigenvalue weighted by molar-refractivity contribution is 5.97. The van der Waals surface area contributed by atoms with Gasteiger partial charge in [0, 0.05) is 25.9 Å². The van der Waals surface area contributed by atoms with Crippen LogP contribution in [0, 0.1) is 5.92 Å². The predicted octanol–water partition coefficient (Wildman–Crippen LogP) is 3.22. The largest absolute Gasteiger partial charge is 0.484 e. The van der Waals surface area contributed by atoms with Gasteiger partial charge in [-0.25, -0.2) is 0 Å². The van der Waals surface area contributed by atoms with Crippen LogP contribution < -0.4 is 10.1 Å². The summed E-state index contributed by atoms with van der Waals surface area (Å²) in [6.07, 6.45) is 5.78. The van der Waals surface area contributed by atoms with Gasteiger partial charge in [0.15, 0.2) is 6.61 Å². The number of anilines is 1. The molecule has 0 unspecified atom stereocenters. The average molecular weight is 374 g/mol. The van der Waals surface area contributed by atoms with Crippen molar-refractivity contribution < 1.29 is 19.1 Å². The summed E-state index contributed by atoms with van der Waals surface area (Å²) in [6, 6.07) is 7.14. The summed E-state index contributed by atoms with van der Waals surface area (Å²) < 4.78 is 11.2. The molecule has 6 heteroatoms. The van der Waals surface area contributed by atoms with Crippen LogP contribution in [0.4, 0.5) is 5.69 Å². The molecule has 1 aliphatic heterocycles. The maximum absolute atomic E-state index is 12.8. The standard InChI is InChI=1S/C21H30N2O4/c1-16-6-5-11-21(14-16,26-2)20(25)22-17-7-9-18(10-8-17)27-15-19(24)23-12-3-4-13-23/h7-10,16H,3-6,11-15H2,1-2H3,(H,22,25)/t16-,21+/m1/s1. The van der Waals surface area contributed by atoms with Crippen LogP contribution in [-0.4, -0.2) is 49.1 Å². The van der Waals surface area contributed by atoms with Crippen molar-refractivity contribution in [2.24, 2.45) is 5.92 Å². The molecule has 148 valence electrons. The van der Waals surface area contributed by atoms with Crippen LogP contribution in [0.5, 0.6) is 5.75 Å². The van der Waals surface area contributed by atoms with Crippen molar-refractivity contribution in [1.29, 1.82) is 0 Å². The van der Waals surface area contributed by atoms with Crippen molar-refractivity contribution in [2.45, 2.75) is 51.0 Å². The minimum Gasteiger partial charge on any atom is -0.484 e. The van der Waals surface area contributed by atoms with Gasteiger partial charge < -0.3 is 19.7 Å². The average Bonchev–Trinajstić information content (AvgIpc) is 3.22. The van der Waals surface area contributed by atoms with Crippen LogP contribution in [0.25, 0.3) is 0 Å². The summed E-state index contributed by atoms with van der Waals surface area (Å²) in [6.45, 7) is 3.87. The number of benzene rings is 1. The smallest absolute Gasteiger partial charge is 0.260 e. The Kier molecular flexibility index (Phi) is 6.37. The molecule has 0 bridgehead atoms. The van der Waals surface area contributed by atoms with E-state index in [9.17, 15) is 9.59 Å². The van der Waals surface area contributed by atoms with Crippen molar-refractivity contribution >= 4 is 17.5 Å². The quantitative estimate of drug-likeness (QED) is 0.830. The molecule has 1 aromatic rings. The molecule has 2 aliphatic rings. The number of hydrogen-bond acceptors (Lipinski definition) is 4. The van der Waals surface area contributed by atoms with Gasteiger partial charge in [0.25, 0.3) is 11.8 Å². The fraction of sp³-hybridized carbons (Fsp3) is 0.619. The fourth-order valence-electron chi connectivity index (χ4n) is 4.07. The molecule has 1 N–H and O–H groups in total. The highest BCUT2D eigenvalue weighted by Crippen LogP contribution is 2.35. The van der Waals surface area contributed by atoms with Crippen molar-refractivity contribution in [3.05, 3.63) is 24.3 Å². The van der Waals surface area contributed by atoms with E-state index in [1.807, 2.05) is 4.90 Å². The minimum atomic E-state index is -0.741. The van der Waals surface area contributed by atoms with Gasteiger partial charge in [0.2, 0.25) is 0 Å². The van der Waals surface area contributed by atoms with Gasteiger partial charge in [0.1, 0.15) is 11.4 Å². The molecule has 0 spiro atoms. The van der Waals surface area contributed by atoms with E-state index < -0.39 is 5.60 Å². The second-order valence-corrected chi connectivity index (χ2v) is 7.76. The van der Waals surface area contributed by atoms with E-state index in [1.54, 1.807) is 31.4 Å². The van der Waals surface area contributed by atoms with E-state index >= 15 is 0 Å². The van der Waals surface area contributed by atoms with Gasteiger partial charge in [-0.05, 0) is 62.3 Å². The van der Waals surface area contributed by atoms with Gasteiger partial charge in [-0.3, -0.25) is 9.59 Å². The number of rotatable bonds is 6. The van der Waals surface area contributed by atoms with Crippen molar-refractivity contribution in [1.82, 2.24) is 4.90 Å². The minimum absolute atomic E-state index is 0.0262. The van der Waals surface area contributed by atoms with Crippen molar-refractivity contribution in [3.63, 3.8) is 0 Å². The molecule has 2 amide bonds. The van der Waals surface area contributed by atoms with Crippen LogP contribution in [0.3, 0.4) is 0 Å². The molecule has 1 heterocycles. The van der Waals surface area contributed by atoms with E-state index in [-0.39, 0.29) is 18.4 Å². The normalized spacial score (nSPS) is 25.3. The molecule has 1 aromatic carbocycles. The number of carbonyl (C=O) groups excluding carboxylic acids is 2. The zero-order valence-electron chi connectivity index (χ0n) is 16.3. The summed E-state index contributed by atoms with van der Waals surface area (Å²) in [5.74, 6) is 1.04. The second-order valence-electron chi connectivity index (χ2n) is 7.76. The summed E-state index contributed by atoms with van der Waals surface area (Å²) in [5.41, 5.74) is -0.0394. The lowest BCUT2D eigenvalue weighted by Gasteiger charge is -2.37. The summed E-state index contributed by atoms with van der Waals surface area (Å²) in [7, 11) is 1.62. The molecule has 6 nitrogen and oxygen atoms in total. The van der Waals surface area contributed by atoms with E-state index in [2.05, 4.69) is 12.2 Å². The SMILES string of the molecule is CO[C@@]1(C(=O)Nc2ccc(OCC(=O)N3CCCC3)cc2)CCC[C@@H](C)C1. The summed E-state index contributed by atoms with van der Waals surface area (Å²) in [5, 5.41) is 2.97. The molecule has 1 saturated heterocycles. The van der Waals surface area contributed by atoms with Crippen LogP contribution in [0.2, 0.25) is 0 Å². The molecular weight excluding hydrogens is 344 g/mol. The Balaban J connectivity index is 1.53. The maximum atomic E-state index is 12.8. The number of amides is 2. The van der Waals surface area contributed by atoms with E-state index in [1.165, 1.54) is 0 Å².